The van der Waals surface area contributed by atoms with E-state index in [1.807, 2.05) is 43.3 Å². The smallest absolute Gasteiger partial charge is 0.338 e. The fraction of sp³-hybridized carbons (Fsp3) is 0.545. The minimum absolute atomic E-state index is 0.0617. The quantitative estimate of drug-likeness (QED) is 0.775. The zero-order valence-electron chi connectivity index (χ0n) is 17.4. The van der Waals surface area contributed by atoms with E-state index in [1.54, 1.807) is 6.92 Å². The van der Waals surface area contributed by atoms with Crippen LogP contribution in [0.3, 0.4) is 0 Å². The molecule has 0 bridgehead atoms. The summed E-state index contributed by atoms with van der Waals surface area (Å²) in [6, 6.07) is 7.01. The lowest BCUT2D eigenvalue weighted by Gasteiger charge is -2.33. The molecular formula is C22H31N3O3. The summed E-state index contributed by atoms with van der Waals surface area (Å²) >= 11 is 0. The van der Waals surface area contributed by atoms with E-state index in [-0.39, 0.29) is 18.1 Å². The molecular weight excluding hydrogens is 354 g/mol. The molecule has 4 unspecified atom stereocenters. The average molecular weight is 386 g/mol. The summed E-state index contributed by atoms with van der Waals surface area (Å²) in [5, 5.41) is 5.59. The monoisotopic (exact) mass is 385 g/mol. The van der Waals surface area contributed by atoms with Crippen molar-refractivity contribution in [3.63, 3.8) is 0 Å². The third-order valence-corrected chi connectivity index (χ3v) is 6.06. The van der Waals surface area contributed by atoms with Crippen LogP contribution in [0.4, 0.5) is 10.5 Å². The second kappa shape index (κ2) is 8.25. The summed E-state index contributed by atoms with van der Waals surface area (Å²) in [7, 11) is 3.94. The lowest BCUT2D eigenvalue weighted by Crippen LogP contribution is -2.45. The van der Waals surface area contributed by atoms with E-state index in [0.717, 1.165) is 30.5 Å². The molecule has 0 radical (unpaired) electrons. The van der Waals surface area contributed by atoms with E-state index in [0.29, 0.717) is 23.1 Å². The predicted octanol–water partition coefficient (Wildman–Crippen LogP) is 3.75. The van der Waals surface area contributed by atoms with Crippen molar-refractivity contribution in [1.82, 2.24) is 10.6 Å². The molecule has 0 saturated heterocycles. The number of hydrogen-bond acceptors (Lipinski definition) is 4. The van der Waals surface area contributed by atoms with Crippen LogP contribution in [0.5, 0.6) is 0 Å². The molecule has 2 aliphatic rings. The number of allylic oxidation sites excluding steroid dienone is 1. The van der Waals surface area contributed by atoms with Gasteiger partial charge in [0, 0.05) is 25.5 Å². The zero-order chi connectivity index (χ0) is 20.4. The first-order valence-electron chi connectivity index (χ1n) is 10.0. The highest BCUT2D eigenvalue weighted by Crippen LogP contribution is 2.33. The minimum Gasteiger partial charge on any atom is -0.459 e. The van der Waals surface area contributed by atoms with Gasteiger partial charge in [0.15, 0.2) is 0 Å². The number of urea groups is 1. The molecule has 3 rings (SSSR count). The number of rotatable bonds is 4. The Morgan fingerprint density at radius 2 is 1.79 bits per heavy atom. The molecule has 28 heavy (non-hydrogen) atoms. The predicted molar refractivity (Wildman–Crippen MR) is 110 cm³/mol. The van der Waals surface area contributed by atoms with E-state index in [1.165, 1.54) is 0 Å². The van der Waals surface area contributed by atoms with Crippen LogP contribution in [0.1, 0.15) is 51.6 Å². The van der Waals surface area contributed by atoms with Crippen molar-refractivity contribution < 1.29 is 14.3 Å². The first-order valence-corrected chi connectivity index (χ1v) is 10.0. The van der Waals surface area contributed by atoms with E-state index in [4.69, 9.17) is 4.74 Å². The van der Waals surface area contributed by atoms with Gasteiger partial charge in [0.2, 0.25) is 0 Å². The summed E-state index contributed by atoms with van der Waals surface area (Å²) in [5.74, 6) is 0.855. The lowest BCUT2D eigenvalue weighted by molar-refractivity contribution is -0.147. The number of hydrogen-bond donors (Lipinski definition) is 2. The Morgan fingerprint density at radius 3 is 2.39 bits per heavy atom. The standard InChI is InChI=1S/C22H31N3O3/c1-13-6-11-18(12-14(13)2)28-21(26)19-15(3)23-22(27)24-20(19)16-7-9-17(10-8-16)25(4)5/h7-10,13-14,18,20H,6,11-12H2,1-5H3,(H2,23,24,27). The molecule has 1 aromatic rings. The van der Waals surface area contributed by atoms with E-state index in [2.05, 4.69) is 24.5 Å². The molecule has 0 aromatic heterocycles. The topological polar surface area (TPSA) is 70.7 Å². The fourth-order valence-corrected chi connectivity index (χ4v) is 4.00. The maximum atomic E-state index is 13.1. The normalized spacial score (nSPS) is 27.7. The lowest BCUT2D eigenvalue weighted by atomic mass is 9.80. The van der Waals surface area contributed by atoms with Crippen molar-refractivity contribution in [2.24, 2.45) is 11.8 Å². The molecule has 1 fully saturated rings. The van der Waals surface area contributed by atoms with Gasteiger partial charge in [0.05, 0.1) is 11.6 Å². The molecule has 1 saturated carbocycles. The molecule has 2 amide bonds. The van der Waals surface area contributed by atoms with Gasteiger partial charge in [-0.15, -0.1) is 0 Å². The third-order valence-electron chi connectivity index (χ3n) is 6.06. The summed E-state index contributed by atoms with van der Waals surface area (Å²) in [5.41, 5.74) is 2.94. The van der Waals surface area contributed by atoms with Crippen molar-refractivity contribution >= 4 is 17.7 Å². The Morgan fingerprint density at radius 1 is 1.11 bits per heavy atom. The number of esters is 1. The van der Waals surface area contributed by atoms with Gasteiger partial charge < -0.3 is 20.3 Å². The SMILES string of the molecule is CC1=C(C(=O)OC2CCC(C)C(C)C2)C(c2ccc(N(C)C)cc2)NC(=O)N1. The molecule has 1 aliphatic heterocycles. The fourth-order valence-electron chi connectivity index (χ4n) is 4.00. The van der Waals surface area contributed by atoms with Gasteiger partial charge in [-0.1, -0.05) is 26.0 Å². The van der Waals surface area contributed by atoms with E-state index < -0.39 is 6.04 Å². The number of ether oxygens (including phenoxy) is 1. The highest BCUT2D eigenvalue weighted by atomic mass is 16.5. The van der Waals surface area contributed by atoms with Crippen LogP contribution >= 0.6 is 0 Å². The number of benzene rings is 1. The molecule has 6 heteroatoms. The number of anilines is 1. The summed E-state index contributed by atoms with van der Waals surface area (Å²) in [6.45, 7) is 6.22. The number of nitrogens with zero attached hydrogens (tertiary/aromatic N) is 1. The van der Waals surface area contributed by atoms with Crippen LogP contribution in [0.2, 0.25) is 0 Å². The van der Waals surface area contributed by atoms with Crippen LogP contribution in [-0.4, -0.2) is 32.2 Å². The molecule has 2 N–H and O–H groups in total. The molecule has 1 aliphatic carbocycles. The van der Waals surface area contributed by atoms with Crippen LogP contribution in [0.25, 0.3) is 0 Å². The zero-order valence-corrected chi connectivity index (χ0v) is 17.4. The molecule has 6 nitrogen and oxygen atoms in total. The highest BCUT2D eigenvalue weighted by Gasteiger charge is 2.34. The molecule has 152 valence electrons. The summed E-state index contributed by atoms with van der Waals surface area (Å²) in [4.78, 5) is 27.1. The van der Waals surface area contributed by atoms with Gasteiger partial charge in [-0.25, -0.2) is 9.59 Å². The van der Waals surface area contributed by atoms with Gasteiger partial charge in [0.25, 0.3) is 0 Å². The van der Waals surface area contributed by atoms with Crippen LogP contribution < -0.4 is 15.5 Å². The van der Waals surface area contributed by atoms with Crippen molar-refractivity contribution in [3.05, 3.63) is 41.1 Å². The van der Waals surface area contributed by atoms with Gasteiger partial charge in [-0.2, -0.15) is 0 Å². The van der Waals surface area contributed by atoms with Crippen LogP contribution in [0.15, 0.2) is 35.5 Å². The maximum Gasteiger partial charge on any atom is 0.338 e. The maximum absolute atomic E-state index is 13.1. The van der Waals surface area contributed by atoms with Gasteiger partial charge in [-0.3, -0.25) is 0 Å². The number of nitrogens with one attached hydrogen (secondary N) is 2. The molecule has 4 atom stereocenters. The molecule has 1 aromatic carbocycles. The second-order valence-corrected chi connectivity index (χ2v) is 8.35. The summed E-state index contributed by atoms with van der Waals surface area (Å²) < 4.78 is 5.87. The Bertz CT molecular complexity index is 770. The van der Waals surface area contributed by atoms with Gasteiger partial charge in [0.1, 0.15) is 6.10 Å². The van der Waals surface area contributed by atoms with Gasteiger partial charge >= 0.3 is 12.0 Å². The first kappa shape index (κ1) is 20.2. The molecule has 1 heterocycles. The Kier molecular flexibility index (Phi) is 5.96. The van der Waals surface area contributed by atoms with Crippen molar-refractivity contribution in [1.29, 1.82) is 0 Å². The Hall–Kier alpha value is -2.50. The van der Waals surface area contributed by atoms with Crippen molar-refractivity contribution in [2.75, 3.05) is 19.0 Å². The van der Waals surface area contributed by atoms with E-state index >= 15 is 0 Å². The average Bonchev–Trinajstić information content (AvgIpc) is 2.64. The van der Waals surface area contributed by atoms with Crippen molar-refractivity contribution in [3.8, 4) is 0 Å². The Balaban J connectivity index is 1.82. The van der Waals surface area contributed by atoms with Crippen LogP contribution in [-0.2, 0) is 9.53 Å². The first-order chi connectivity index (χ1) is 13.3. The Labute approximate surface area is 167 Å². The largest absolute Gasteiger partial charge is 0.459 e. The minimum atomic E-state index is -0.516. The second-order valence-electron chi connectivity index (χ2n) is 8.35. The number of amides is 2. The third kappa shape index (κ3) is 4.32. The highest BCUT2D eigenvalue weighted by molar-refractivity contribution is 5.95. The van der Waals surface area contributed by atoms with Crippen LogP contribution in [0, 0.1) is 11.8 Å². The molecule has 0 spiro atoms. The number of carbonyl (C=O) groups excluding carboxylic acids is 2. The van der Waals surface area contributed by atoms with Gasteiger partial charge in [-0.05, 0) is 55.7 Å². The van der Waals surface area contributed by atoms with E-state index in [9.17, 15) is 9.59 Å². The number of carbonyl (C=O) groups is 2. The summed E-state index contributed by atoms with van der Waals surface area (Å²) in [6.07, 6.45) is 2.79. The van der Waals surface area contributed by atoms with Crippen molar-refractivity contribution in [2.45, 2.75) is 52.2 Å².